The van der Waals surface area contributed by atoms with Crippen molar-refractivity contribution in [2.24, 2.45) is 0 Å². The summed E-state index contributed by atoms with van der Waals surface area (Å²) in [4.78, 5) is 0. The summed E-state index contributed by atoms with van der Waals surface area (Å²) in [5.74, 6) is -0.379. The molecular weight excluding hydrogens is 246 g/mol. The molecule has 1 atom stereocenters. The van der Waals surface area contributed by atoms with Crippen LogP contribution in [0.15, 0.2) is 24.3 Å². The van der Waals surface area contributed by atoms with Gasteiger partial charge in [0, 0.05) is 18.0 Å². The smallest absolute Gasteiger partial charge is 0.310 e. The predicted octanol–water partition coefficient (Wildman–Crippen LogP) is 4.21. The van der Waals surface area contributed by atoms with Crippen molar-refractivity contribution in [3.63, 3.8) is 0 Å². The highest BCUT2D eigenvalue weighted by Crippen LogP contribution is 2.27. The average Bonchev–Trinajstić information content (AvgIpc) is 2.27. The molecule has 1 unspecified atom stereocenters. The third-order valence-electron chi connectivity index (χ3n) is 2.68. The number of nitrogens with one attached hydrogen (secondary N) is 1. The summed E-state index contributed by atoms with van der Waals surface area (Å²) in [5.41, 5.74) is 0.432. The van der Waals surface area contributed by atoms with Crippen LogP contribution in [0.1, 0.15) is 37.8 Å². The van der Waals surface area contributed by atoms with E-state index in [1.165, 1.54) is 6.07 Å². The van der Waals surface area contributed by atoms with Crippen LogP contribution in [-0.2, 0) is 0 Å². The SMILES string of the molecule is CCNC(CCCC(F)(F)F)c1ccccc1F. The van der Waals surface area contributed by atoms with Crippen molar-refractivity contribution in [2.45, 2.75) is 38.4 Å². The monoisotopic (exact) mass is 263 g/mol. The average molecular weight is 263 g/mol. The van der Waals surface area contributed by atoms with Gasteiger partial charge < -0.3 is 5.32 Å². The van der Waals surface area contributed by atoms with Crippen LogP contribution in [0.3, 0.4) is 0 Å². The lowest BCUT2D eigenvalue weighted by Gasteiger charge is -2.19. The first kappa shape index (κ1) is 15.0. The van der Waals surface area contributed by atoms with E-state index in [0.717, 1.165) is 0 Å². The first-order chi connectivity index (χ1) is 8.44. The van der Waals surface area contributed by atoms with Crippen molar-refractivity contribution >= 4 is 0 Å². The van der Waals surface area contributed by atoms with E-state index in [2.05, 4.69) is 5.32 Å². The van der Waals surface area contributed by atoms with E-state index in [0.29, 0.717) is 12.1 Å². The Morgan fingerprint density at radius 2 is 1.89 bits per heavy atom. The van der Waals surface area contributed by atoms with E-state index >= 15 is 0 Å². The molecule has 0 bridgehead atoms. The normalized spacial score (nSPS) is 13.6. The molecule has 1 aromatic rings. The third kappa shape index (κ3) is 5.04. The van der Waals surface area contributed by atoms with E-state index in [9.17, 15) is 17.6 Å². The highest BCUT2D eigenvalue weighted by Gasteiger charge is 2.27. The molecule has 0 aliphatic heterocycles. The molecule has 0 fully saturated rings. The van der Waals surface area contributed by atoms with Gasteiger partial charge in [-0.3, -0.25) is 0 Å². The molecule has 18 heavy (non-hydrogen) atoms. The number of hydrogen-bond acceptors (Lipinski definition) is 1. The van der Waals surface area contributed by atoms with Crippen LogP contribution in [0.4, 0.5) is 17.6 Å². The predicted molar refractivity (Wildman–Crippen MR) is 62.7 cm³/mol. The fourth-order valence-corrected chi connectivity index (χ4v) is 1.88. The number of alkyl halides is 3. The Morgan fingerprint density at radius 1 is 1.22 bits per heavy atom. The second-order valence-electron chi connectivity index (χ2n) is 4.14. The summed E-state index contributed by atoms with van der Waals surface area (Å²) >= 11 is 0. The summed E-state index contributed by atoms with van der Waals surface area (Å²) < 4.78 is 49.8. The molecule has 1 aromatic carbocycles. The van der Waals surface area contributed by atoms with Gasteiger partial charge in [0.25, 0.3) is 0 Å². The van der Waals surface area contributed by atoms with Crippen LogP contribution < -0.4 is 5.32 Å². The zero-order valence-corrected chi connectivity index (χ0v) is 10.2. The summed E-state index contributed by atoms with van der Waals surface area (Å²) in [6.45, 7) is 2.43. The highest BCUT2D eigenvalue weighted by molar-refractivity contribution is 5.21. The van der Waals surface area contributed by atoms with E-state index in [1.54, 1.807) is 18.2 Å². The number of hydrogen-bond donors (Lipinski definition) is 1. The molecule has 0 aromatic heterocycles. The first-order valence-electron chi connectivity index (χ1n) is 5.98. The van der Waals surface area contributed by atoms with Crippen LogP contribution in [0.2, 0.25) is 0 Å². The molecule has 0 saturated heterocycles. The second-order valence-corrected chi connectivity index (χ2v) is 4.14. The van der Waals surface area contributed by atoms with Crippen LogP contribution in [0.25, 0.3) is 0 Å². The molecule has 102 valence electrons. The molecular formula is C13H17F4N. The Morgan fingerprint density at radius 3 is 2.44 bits per heavy atom. The van der Waals surface area contributed by atoms with Crippen molar-refractivity contribution in [2.75, 3.05) is 6.54 Å². The zero-order chi connectivity index (χ0) is 13.6. The Labute approximate surface area is 104 Å². The fourth-order valence-electron chi connectivity index (χ4n) is 1.88. The minimum absolute atomic E-state index is 0.00446. The van der Waals surface area contributed by atoms with E-state index in [1.807, 2.05) is 6.92 Å². The highest BCUT2D eigenvalue weighted by atomic mass is 19.4. The van der Waals surface area contributed by atoms with Gasteiger partial charge in [-0.1, -0.05) is 25.1 Å². The van der Waals surface area contributed by atoms with Crippen molar-refractivity contribution < 1.29 is 17.6 Å². The molecule has 5 heteroatoms. The van der Waals surface area contributed by atoms with Gasteiger partial charge in [0.15, 0.2) is 0 Å². The molecule has 0 heterocycles. The third-order valence-corrected chi connectivity index (χ3v) is 2.68. The van der Waals surface area contributed by atoms with Crippen LogP contribution in [0.5, 0.6) is 0 Å². The fraction of sp³-hybridized carbons (Fsp3) is 0.538. The van der Waals surface area contributed by atoms with Gasteiger partial charge in [0.1, 0.15) is 5.82 Å². The maximum absolute atomic E-state index is 13.6. The number of halogens is 4. The van der Waals surface area contributed by atoms with E-state index in [-0.39, 0.29) is 24.7 Å². The van der Waals surface area contributed by atoms with Crippen molar-refractivity contribution in [1.82, 2.24) is 5.32 Å². The van der Waals surface area contributed by atoms with Crippen LogP contribution >= 0.6 is 0 Å². The maximum Gasteiger partial charge on any atom is 0.389 e. The molecule has 0 radical (unpaired) electrons. The second kappa shape index (κ2) is 6.73. The summed E-state index contributed by atoms with van der Waals surface area (Å²) in [6, 6.07) is 5.82. The quantitative estimate of drug-likeness (QED) is 0.758. The van der Waals surface area contributed by atoms with Crippen molar-refractivity contribution in [3.8, 4) is 0 Å². The lowest BCUT2D eigenvalue weighted by molar-refractivity contribution is -0.135. The lowest BCUT2D eigenvalue weighted by Crippen LogP contribution is -2.22. The van der Waals surface area contributed by atoms with Crippen LogP contribution in [-0.4, -0.2) is 12.7 Å². The van der Waals surface area contributed by atoms with Crippen molar-refractivity contribution in [1.29, 1.82) is 0 Å². The number of rotatable bonds is 6. The van der Waals surface area contributed by atoms with Crippen molar-refractivity contribution in [3.05, 3.63) is 35.6 Å². The summed E-state index contributed by atoms with van der Waals surface area (Å²) in [5, 5.41) is 3.02. The summed E-state index contributed by atoms with van der Waals surface area (Å²) in [6.07, 6.45) is -4.71. The van der Waals surface area contributed by atoms with Gasteiger partial charge >= 0.3 is 6.18 Å². The summed E-state index contributed by atoms with van der Waals surface area (Å²) in [7, 11) is 0. The molecule has 0 amide bonds. The molecule has 1 nitrogen and oxygen atoms in total. The Kier molecular flexibility index (Phi) is 5.59. The van der Waals surface area contributed by atoms with Gasteiger partial charge in [-0.2, -0.15) is 13.2 Å². The van der Waals surface area contributed by atoms with E-state index < -0.39 is 12.6 Å². The first-order valence-corrected chi connectivity index (χ1v) is 5.98. The van der Waals surface area contributed by atoms with Crippen LogP contribution in [0, 0.1) is 5.82 Å². The number of benzene rings is 1. The zero-order valence-electron chi connectivity index (χ0n) is 10.2. The molecule has 1 rings (SSSR count). The largest absolute Gasteiger partial charge is 0.389 e. The molecule has 0 spiro atoms. The Hall–Kier alpha value is -1.10. The Bertz CT molecular complexity index is 362. The van der Waals surface area contributed by atoms with Gasteiger partial charge in [-0.25, -0.2) is 4.39 Å². The van der Waals surface area contributed by atoms with E-state index in [4.69, 9.17) is 0 Å². The van der Waals surface area contributed by atoms with Gasteiger partial charge in [0.05, 0.1) is 0 Å². The Balaban J connectivity index is 2.63. The molecule has 1 N–H and O–H groups in total. The van der Waals surface area contributed by atoms with Gasteiger partial charge in [-0.15, -0.1) is 0 Å². The van der Waals surface area contributed by atoms with Gasteiger partial charge in [0.2, 0.25) is 0 Å². The minimum atomic E-state index is -4.15. The minimum Gasteiger partial charge on any atom is -0.310 e. The molecule has 0 aliphatic rings. The molecule has 0 aliphatic carbocycles. The van der Waals surface area contributed by atoms with Gasteiger partial charge in [-0.05, 0) is 25.5 Å². The maximum atomic E-state index is 13.6. The standard InChI is InChI=1S/C13H17F4N/c1-2-18-12(8-5-9-13(15,16)17)10-6-3-4-7-11(10)14/h3-4,6-7,12,18H,2,5,8-9H2,1H3. The molecule has 0 saturated carbocycles. The topological polar surface area (TPSA) is 12.0 Å². The lowest BCUT2D eigenvalue weighted by atomic mass is 10.0.